The van der Waals surface area contributed by atoms with Crippen LogP contribution in [0, 0.1) is 5.92 Å². The summed E-state index contributed by atoms with van der Waals surface area (Å²) in [4.78, 5) is 2.51. The topological polar surface area (TPSA) is 24.5 Å². The molecule has 0 aliphatic carbocycles. The minimum atomic E-state index is 0.711. The first-order valence-electron chi connectivity index (χ1n) is 8.04. The molecule has 2 saturated heterocycles. The maximum Gasteiger partial charge on any atom is 0.0507 e. The molecule has 2 aliphatic heterocycles. The standard InChI is InChI=1S/C17H26N2O/c1-2-9-19(10-3-1)17-6-4-15(5-7-17)12-18-13-16-8-11-20-14-16/h4-7,16,18H,1-3,8-14H2. The number of benzene rings is 1. The van der Waals surface area contributed by atoms with Crippen LogP contribution in [0.3, 0.4) is 0 Å². The lowest BCUT2D eigenvalue weighted by Crippen LogP contribution is -2.29. The van der Waals surface area contributed by atoms with Gasteiger partial charge >= 0.3 is 0 Å². The van der Waals surface area contributed by atoms with E-state index < -0.39 is 0 Å². The molecule has 0 spiro atoms. The minimum Gasteiger partial charge on any atom is -0.381 e. The maximum atomic E-state index is 5.40. The number of ether oxygens (including phenoxy) is 1. The summed E-state index contributed by atoms with van der Waals surface area (Å²) in [5.74, 6) is 0.711. The molecule has 1 atom stereocenters. The van der Waals surface area contributed by atoms with Crippen LogP contribution in [0.1, 0.15) is 31.2 Å². The summed E-state index contributed by atoms with van der Waals surface area (Å²) >= 11 is 0. The largest absolute Gasteiger partial charge is 0.381 e. The van der Waals surface area contributed by atoms with Crippen molar-refractivity contribution in [3.05, 3.63) is 29.8 Å². The van der Waals surface area contributed by atoms with Gasteiger partial charge in [-0.3, -0.25) is 0 Å². The van der Waals surface area contributed by atoms with Gasteiger partial charge in [0.25, 0.3) is 0 Å². The molecular weight excluding hydrogens is 248 g/mol. The summed E-state index contributed by atoms with van der Waals surface area (Å²) in [5, 5.41) is 3.55. The van der Waals surface area contributed by atoms with Crippen LogP contribution < -0.4 is 10.2 Å². The number of rotatable bonds is 5. The van der Waals surface area contributed by atoms with E-state index in [9.17, 15) is 0 Å². The van der Waals surface area contributed by atoms with Crippen molar-refractivity contribution in [3.63, 3.8) is 0 Å². The molecule has 2 heterocycles. The van der Waals surface area contributed by atoms with Crippen molar-refractivity contribution in [1.29, 1.82) is 0 Å². The molecule has 2 aliphatic rings. The first-order chi connectivity index (χ1) is 9.92. The number of nitrogens with one attached hydrogen (secondary N) is 1. The molecule has 3 heteroatoms. The Morgan fingerprint density at radius 3 is 2.60 bits per heavy atom. The zero-order chi connectivity index (χ0) is 13.6. The lowest BCUT2D eigenvalue weighted by Gasteiger charge is -2.28. The van der Waals surface area contributed by atoms with Gasteiger partial charge in [0.1, 0.15) is 0 Å². The maximum absolute atomic E-state index is 5.40. The summed E-state index contributed by atoms with van der Waals surface area (Å²) < 4.78 is 5.40. The van der Waals surface area contributed by atoms with Crippen molar-refractivity contribution in [2.45, 2.75) is 32.2 Å². The number of nitrogens with zero attached hydrogens (tertiary/aromatic N) is 1. The summed E-state index contributed by atoms with van der Waals surface area (Å²) in [7, 11) is 0. The molecule has 0 aromatic heterocycles. The highest BCUT2D eigenvalue weighted by molar-refractivity contribution is 5.47. The molecule has 3 rings (SSSR count). The van der Waals surface area contributed by atoms with E-state index >= 15 is 0 Å². The highest BCUT2D eigenvalue weighted by Gasteiger charge is 2.14. The second kappa shape index (κ2) is 7.09. The van der Waals surface area contributed by atoms with Gasteiger partial charge in [-0.1, -0.05) is 12.1 Å². The van der Waals surface area contributed by atoms with Gasteiger partial charge in [-0.05, 0) is 49.3 Å². The van der Waals surface area contributed by atoms with Crippen LogP contribution in [0.4, 0.5) is 5.69 Å². The van der Waals surface area contributed by atoms with Crippen molar-refractivity contribution >= 4 is 5.69 Å². The molecule has 110 valence electrons. The van der Waals surface area contributed by atoms with Crippen molar-refractivity contribution < 1.29 is 4.74 Å². The van der Waals surface area contributed by atoms with E-state index in [1.807, 2.05) is 0 Å². The van der Waals surface area contributed by atoms with Crippen LogP contribution in [-0.4, -0.2) is 32.8 Å². The second-order valence-electron chi connectivity index (χ2n) is 6.07. The molecule has 1 N–H and O–H groups in total. The third kappa shape index (κ3) is 3.74. The predicted molar refractivity (Wildman–Crippen MR) is 83.1 cm³/mol. The van der Waals surface area contributed by atoms with Crippen LogP contribution in [0.5, 0.6) is 0 Å². The van der Waals surface area contributed by atoms with Crippen LogP contribution in [-0.2, 0) is 11.3 Å². The van der Waals surface area contributed by atoms with E-state index in [2.05, 4.69) is 34.5 Å². The van der Waals surface area contributed by atoms with Crippen molar-refractivity contribution in [2.75, 3.05) is 37.7 Å². The third-order valence-corrected chi connectivity index (χ3v) is 4.44. The Balaban J connectivity index is 1.45. The zero-order valence-corrected chi connectivity index (χ0v) is 12.3. The second-order valence-corrected chi connectivity index (χ2v) is 6.07. The van der Waals surface area contributed by atoms with Gasteiger partial charge in [-0.15, -0.1) is 0 Å². The third-order valence-electron chi connectivity index (χ3n) is 4.44. The van der Waals surface area contributed by atoms with Crippen molar-refractivity contribution in [2.24, 2.45) is 5.92 Å². The molecule has 1 aromatic rings. The average Bonchev–Trinajstić information content (AvgIpc) is 3.02. The van der Waals surface area contributed by atoms with E-state index in [4.69, 9.17) is 4.74 Å². The Bertz CT molecular complexity index is 392. The highest BCUT2D eigenvalue weighted by Crippen LogP contribution is 2.20. The fraction of sp³-hybridized carbons (Fsp3) is 0.647. The molecule has 2 fully saturated rings. The number of hydrogen-bond acceptors (Lipinski definition) is 3. The number of anilines is 1. The number of piperidine rings is 1. The lowest BCUT2D eigenvalue weighted by atomic mass is 10.1. The van der Waals surface area contributed by atoms with Crippen LogP contribution in [0.15, 0.2) is 24.3 Å². The molecule has 20 heavy (non-hydrogen) atoms. The van der Waals surface area contributed by atoms with Crippen molar-refractivity contribution in [1.82, 2.24) is 5.32 Å². The van der Waals surface area contributed by atoms with Crippen molar-refractivity contribution in [3.8, 4) is 0 Å². The first-order valence-corrected chi connectivity index (χ1v) is 8.04. The summed E-state index contributed by atoms with van der Waals surface area (Å²) in [6.45, 7) is 6.36. The smallest absolute Gasteiger partial charge is 0.0507 e. The molecular formula is C17H26N2O. The number of hydrogen-bond donors (Lipinski definition) is 1. The lowest BCUT2D eigenvalue weighted by molar-refractivity contribution is 0.185. The summed E-state index contributed by atoms with van der Waals surface area (Å²) in [6, 6.07) is 9.09. The van der Waals surface area contributed by atoms with Gasteiger partial charge in [0, 0.05) is 38.5 Å². The van der Waals surface area contributed by atoms with E-state index in [0.29, 0.717) is 5.92 Å². The van der Waals surface area contributed by atoms with E-state index in [-0.39, 0.29) is 0 Å². The van der Waals surface area contributed by atoms with Crippen LogP contribution >= 0.6 is 0 Å². The van der Waals surface area contributed by atoms with Gasteiger partial charge in [-0.2, -0.15) is 0 Å². The fourth-order valence-corrected chi connectivity index (χ4v) is 3.14. The average molecular weight is 274 g/mol. The van der Waals surface area contributed by atoms with Crippen LogP contribution in [0.25, 0.3) is 0 Å². The molecule has 0 radical (unpaired) electrons. The Labute approximate surface area is 122 Å². The minimum absolute atomic E-state index is 0.711. The molecule has 0 bridgehead atoms. The van der Waals surface area contributed by atoms with Gasteiger partial charge < -0.3 is 15.0 Å². The highest BCUT2D eigenvalue weighted by atomic mass is 16.5. The zero-order valence-electron chi connectivity index (χ0n) is 12.3. The van der Waals surface area contributed by atoms with Gasteiger partial charge in [-0.25, -0.2) is 0 Å². The Morgan fingerprint density at radius 1 is 1.10 bits per heavy atom. The Hall–Kier alpha value is -1.06. The molecule has 1 unspecified atom stereocenters. The summed E-state index contributed by atoms with van der Waals surface area (Å²) in [5.41, 5.74) is 2.77. The van der Waals surface area contributed by atoms with E-state index in [1.165, 1.54) is 50.0 Å². The van der Waals surface area contributed by atoms with Gasteiger partial charge in [0.15, 0.2) is 0 Å². The molecule has 3 nitrogen and oxygen atoms in total. The van der Waals surface area contributed by atoms with Gasteiger partial charge in [0.05, 0.1) is 6.61 Å². The quantitative estimate of drug-likeness (QED) is 0.893. The Morgan fingerprint density at radius 2 is 1.90 bits per heavy atom. The van der Waals surface area contributed by atoms with Crippen LogP contribution in [0.2, 0.25) is 0 Å². The molecule has 0 amide bonds. The first kappa shape index (κ1) is 13.9. The molecule has 1 aromatic carbocycles. The van der Waals surface area contributed by atoms with Gasteiger partial charge in [0.2, 0.25) is 0 Å². The predicted octanol–water partition coefficient (Wildman–Crippen LogP) is 2.80. The molecule has 0 saturated carbocycles. The van der Waals surface area contributed by atoms with E-state index in [1.54, 1.807) is 0 Å². The monoisotopic (exact) mass is 274 g/mol. The normalized spacial score (nSPS) is 23.2. The van der Waals surface area contributed by atoms with E-state index in [0.717, 1.165) is 26.3 Å². The Kier molecular flexibility index (Phi) is 4.93. The summed E-state index contributed by atoms with van der Waals surface area (Å²) in [6.07, 6.45) is 5.28. The SMILES string of the molecule is c1cc(N2CCCCC2)ccc1CNCC1CCOC1. The fourth-order valence-electron chi connectivity index (χ4n) is 3.14.